The molecule has 2 aromatic rings. The molecular weight excluding hydrogens is 843 g/mol. The molecule has 14 unspecified atom stereocenters. The van der Waals surface area contributed by atoms with Crippen molar-refractivity contribution in [2.75, 3.05) is 27.9 Å². The predicted molar refractivity (Wildman–Crippen MR) is 250 cm³/mol. The molecule has 6 rings (SSSR count). The highest BCUT2D eigenvalue weighted by atomic mass is 16.7. The molecule has 2 aromatic carbocycles. The van der Waals surface area contributed by atoms with E-state index in [1.165, 1.54) is 12.0 Å². The second-order valence-corrected chi connectivity index (χ2v) is 19.8. The van der Waals surface area contributed by atoms with Gasteiger partial charge in [-0.2, -0.15) is 0 Å². The highest BCUT2D eigenvalue weighted by Crippen LogP contribution is 2.40. The first-order chi connectivity index (χ1) is 31.5. The molecule has 2 N–H and O–H groups in total. The van der Waals surface area contributed by atoms with Crippen LogP contribution in [-0.2, 0) is 42.9 Å². The number of Topliss-reactive ketones (excluding diaryl/α,β-unsaturated/α-hetero) is 2. The average Bonchev–Trinajstić information content (AvgIpc) is 3.31. The summed E-state index contributed by atoms with van der Waals surface area (Å²) in [6, 6.07) is 13.1. The van der Waals surface area contributed by atoms with E-state index in [4.69, 9.17) is 28.4 Å². The van der Waals surface area contributed by atoms with E-state index in [1.807, 2.05) is 57.2 Å². The van der Waals surface area contributed by atoms with Crippen molar-refractivity contribution in [2.45, 2.75) is 167 Å². The quantitative estimate of drug-likeness (QED) is 0.151. The molecule has 0 radical (unpaired) electrons. The summed E-state index contributed by atoms with van der Waals surface area (Å²) in [6.45, 7) is 11.4. The van der Waals surface area contributed by atoms with E-state index in [1.54, 1.807) is 28.1 Å². The molecule has 3 heterocycles. The van der Waals surface area contributed by atoms with Crippen molar-refractivity contribution in [1.29, 1.82) is 0 Å². The molecule has 2 bridgehead atoms. The van der Waals surface area contributed by atoms with Crippen molar-refractivity contribution in [3.63, 3.8) is 0 Å². The Bertz CT molecular complexity index is 2070. The fraction of sp³-hybridized carbons (Fsp3) is 0.660. The molecule has 14 atom stereocenters. The summed E-state index contributed by atoms with van der Waals surface area (Å²) in [5, 5.41) is 26.2. The van der Waals surface area contributed by atoms with Crippen LogP contribution in [0.5, 0.6) is 5.75 Å². The Labute approximate surface area is 391 Å². The van der Waals surface area contributed by atoms with Gasteiger partial charge in [-0.05, 0) is 118 Å². The van der Waals surface area contributed by atoms with Crippen molar-refractivity contribution in [3.05, 3.63) is 65.8 Å². The summed E-state index contributed by atoms with van der Waals surface area (Å²) >= 11 is 0. The Kier molecular flexibility index (Phi) is 17.8. The van der Waals surface area contributed by atoms with Crippen molar-refractivity contribution >= 4 is 34.2 Å². The van der Waals surface area contributed by atoms with Crippen LogP contribution in [0.2, 0.25) is 0 Å². The number of carbonyl (C=O) groups excluding carboxylic acids is 4. The van der Waals surface area contributed by atoms with E-state index < -0.39 is 77.8 Å². The number of benzene rings is 2. The van der Waals surface area contributed by atoms with Crippen LogP contribution in [0, 0.1) is 29.6 Å². The van der Waals surface area contributed by atoms with Crippen LogP contribution in [0.4, 0.5) is 0 Å². The van der Waals surface area contributed by atoms with Crippen LogP contribution in [0.25, 0.3) is 10.8 Å². The summed E-state index contributed by atoms with van der Waals surface area (Å²) in [5.41, 5.74) is 1.69. The van der Waals surface area contributed by atoms with Gasteiger partial charge in [-0.3, -0.25) is 14.4 Å². The number of allylic oxidation sites excluding steroid dienone is 3. The minimum atomic E-state index is -2.51. The molecule has 1 amide bonds. The van der Waals surface area contributed by atoms with Crippen molar-refractivity contribution in [2.24, 2.45) is 29.6 Å². The first-order valence-electron chi connectivity index (χ1n) is 24.3. The highest BCUT2D eigenvalue weighted by Gasteiger charge is 2.56. The zero-order valence-electron chi connectivity index (χ0n) is 40.6. The molecular formula is C53H75NO12. The number of cyclic esters (lactones) is 1. The van der Waals surface area contributed by atoms with Crippen LogP contribution < -0.4 is 4.74 Å². The first-order valence-corrected chi connectivity index (χ1v) is 24.3. The molecule has 2 saturated heterocycles. The molecule has 3 aliphatic heterocycles. The maximum Gasteiger partial charge on any atom is 0.329 e. The summed E-state index contributed by atoms with van der Waals surface area (Å²) in [6.07, 6.45) is 4.65. The minimum absolute atomic E-state index is 0.0176. The lowest BCUT2D eigenvalue weighted by molar-refractivity contribution is -0.302. The molecule has 0 aromatic heterocycles. The van der Waals surface area contributed by atoms with Crippen LogP contribution >= 0.6 is 0 Å². The van der Waals surface area contributed by atoms with Crippen molar-refractivity contribution < 1.29 is 57.8 Å². The number of amides is 1. The van der Waals surface area contributed by atoms with E-state index in [0.29, 0.717) is 50.5 Å². The Balaban J connectivity index is 1.30. The van der Waals surface area contributed by atoms with Crippen molar-refractivity contribution in [3.8, 4) is 5.75 Å². The molecule has 0 spiro atoms. The smallest absolute Gasteiger partial charge is 0.329 e. The largest absolute Gasteiger partial charge is 0.488 e. The summed E-state index contributed by atoms with van der Waals surface area (Å²) in [4.78, 5) is 58.5. The van der Waals surface area contributed by atoms with Crippen LogP contribution in [0.15, 0.2) is 65.8 Å². The highest BCUT2D eigenvalue weighted by molar-refractivity contribution is 6.39. The third-order valence-electron chi connectivity index (χ3n) is 14.9. The van der Waals surface area contributed by atoms with E-state index >= 15 is 0 Å². The second-order valence-electron chi connectivity index (χ2n) is 19.8. The molecule has 1 saturated carbocycles. The standard InChI is InChI=1S/C53H75NO12/c1-10-37-24-31(2)23-32(3)25-46(62-8)49-47(63-9)27-34(5)53(60,66-49)50(57)51(58)54-22-14-13-17-41(54)52(59)65-48(35(6)42(55)30-43(37)56)33(4)26-36-18-21-44(45(28-36)61-7)64-40-20-19-38-15-11-12-16-39(38)29-40/h11-12,15-16,19-20,24,26,29,32,34-37,41-42,44-49,55,60H,10,13-14,17-18,21-23,25,27-28,30H2,1-9H3/b31-24+,33-26?. The lowest BCUT2D eigenvalue weighted by atomic mass is 9.81. The lowest BCUT2D eigenvalue weighted by Gasteiger charge is -2.47. The summed E-state index contributed by atoms with van der Waals surface area (Å²) in [7, 11) is 4.76. The number of ether oxygens (including phenoxy) is 6. The van der Waals surface area contributed by atoms with Gasteiger partial charge in [-0.15, -0.1) is 0 Å². The van der Waals surface area contributed by atoms with E-state index in [9.17, 15) is 29.4 Å². The number of piperidine rings is 1. The zero-order valence-corrected chi connectivity index (χ0v) is 40.6. The van der Waals surface area contributed by atoms with Gasteiger partial charge >= 0.3 is 5.97 Å². The van der Waals surface area contributed by atoms with Crippen LogP contribution in [0.3, 0.4) is 0 Å². The van der Waals surface area contributed by atoms with Gasteiger partial charge in [0.15, 0.2) is 0 Å². The van der Waals surface area contributed by atoms with Gasteiger partial charge in [0.05, 0.1) is 24.4 Å². The number of rotatable bonds is 8. The average molecular weight is 918 g/mol. The SMILES string of the molecule is CCC1/C=C(\C)CC(C)CC(OC)C2OC(O)(C(=O)C(=O)N3CCCCC3C(=O)OC(C(C)=CC3CCC(Oc4ccc5ccccc5c4)C(OC)C3)C(C)C(O)CC1=O)C(C)CC2OC. The number of nitrogens with zero attached hydrogens (tertiary/aromatic N) is 1. The number of methoxy groups -OCH3 is 3. The molecule has 4 aliphatic rings. The van der Waals surface area contributed by atoms with Crippen LogP contribution in [0.1, 0.15) is 112 Å². The number of hydrogen-bond donors (Lipinski definition) is 2. The van der Waals surface area contributed by atoms with Gasteiger partial charge in [0.1, 0.15) is 35.9 Å². The summed E-state index contributed by atoms with van der Waals surface area (Å²) < 4.78 is 37.0. The van der Waals surface area contributed by atoms with Gasteiger partial charge in [-0.25, -0.2) is 4.79 Å². The molecule has 364 valence electrons. The topological polar surface area (TPSA) is 167 Å². The molecule has 1 aliphatic carbocycles. The van der Waals surface area contributed by atoms with Gasteiger partial charge in [-0.1, -0.05) is 75.8 Å². The van der Waals surface area contributed by atoms with Crippen molar-refractivity contribution in [1.82, 2.24) is 4.90 Å². The second kappa shape index (κ2) is 22.9. The Hall–Kier alpha value is -3.98. The fourth-order valence-corrected chi connectivity index (χ4v) is 10.9. The Morgan fingerprint density at radius 1 is 0.864 bits per heavy atom. The third kappa shape index (κ3) is 11.8. The predicted octanol–water partition coefficient (Wildman–Crippen LogP) is 7.71. The van der Waals surface area contributed by atoms with Gasteiger partial charge in [0.2, 0.25) is 5.79 Å². The van der Waals surface area contributed by atoms with Gasteiger partial charge in [0, 0.05) is 52.0 Å². The lowest BCUT2D eigenvalue weighted by Crippen LogP contribution is -2.64. The van der Waals surface area contributed by atoms with E-state index in [0.717, 1.165) is 28.5 Å². The molecule has 13 heteroatoms. The molecule has 13 nitrogen and oxygen atoms in total. The maximum atomic E-state index is 14.5. The number of fused-ring (bicyclic) bond motifs is 4. The Morgan fingerprint density at radius 2 is 1.56 bits per heavy atom. The van der Waals surface area contributed by atoms with Gasteiger partial charge in [0.25, 0.3) is 11.7 Å². The first kappa shape index (κ1) is 51.4. The number of aliphatic hydroxyl groups is 2. The maximum absolute atomic E-state index is 14.5. The normalized spacial score (nSPS) is 37.0. The van der Waals surface area contributed by atoms with Crippen LogP contribution in [-0.4, -0.2) is 121 Å². The number of hydrogen-bond acceptors (Lipinski definition) is 12. The summed E-state index contributed by atoms with van der Waals surface area (Å²) in [5.74, 6) is -6.70. The minimum Gasteiger partial charge on any atom is -0.488 e. The molecule has 66 heavy (non-hydrogen) atoms. The fourth-order valence-electron chi connectivity index (χ4n) is 10.9. The Morgan fingerprint density at radius 3 is 2.26 bits per heavy atom. The van der Waals surface area contributed by atoms with E-state index in [-0.39, 0.29) is 55.6 Å². The number of esters is 1. The third-order valence-corrected chi connectivity index (χ3v) is 14.9. The number of aliphatic hydroxyl groups excluding tert-OH is 1. The zero-order chi connectivity index (χ0) is 47.9. The molecule has 3 fully saturated rings. The number of ketones is 2. The van der Waals surface area contributed by atoms with Gasteiger partial charge < -0.3 is 43.5 Å². The number of carbonyl (C=O) groups is 4. The van der Waals surface area contributed by atoms with E-state index in [2.05, 4.69) is 25.1 Å². The monoisotopic (exact) mass is 918 g/mol.